The van der Waals surface area contributed by atoms with E-state index in [0.717, 1.165) is 6.42 Å². The number of ether oxygens (including phenoxy) is 1. The summed E-state index contributed by atoms with van der Waals surface area (Å²) in [5.41, 5.74) is 5.66. The molecular formula is C14H19Cl3N2O2. The average Bonchev–Trinajstić information content (AvgIpc) is 2.79. The molecule has 4 nitrogen and oxygen atoms in total. The van der Waals surface area contributed by atoms with Crippen LogP contribution in [0.2, 0.25) is 10.0 Å². The summed E-state index contributed by atoms with van der Waals surface area (Å²) in [6.07, 6.45) is 0.940. The molecule has 0 saturated carbocycles. The maximum Gasteiger partial charge on any atom is 0.260 e. The van der Waals surface area contributed by atoms with Crippen LogP contribution >= 0.6 is 35.6 Å². The Hall–Kier alpha value is -0.680. The molecule has 7 heteroatoms. The highest BCUT2D eigenvalue weighted by molar-refractivity contribution is 6.37. The number of nitrogens with zero attached hydrogens (tertiary/aromatic N) is 1. The topological polar surface area (TPSA) is 55.6 Å². The first-order chi connectivity index (χ1) is 9.52. The maximum absolute atomic E-state index is 12.2. The quantitative estimate of drug-likeness (QED) is 0.905. The molecule has 0 bridgehead atoms. The Morgan fingerprint density at radius 3 is 2.57 bits per heavy atom. The Balaban J connectivity index is 0.00000220. The Morgan fingerprint density at radius 2 is 2.05 bits per heavy atom. The SMILES string of the molecule is CC1CC(CN)CN1C(=O)COc1c(Cl)cccc1Cl.Cl. The van der Waals surface area contributed by atoms with E-state index in [-0.39, 0.29) is 31.0 Å². The van der Waals surface area contributed by atoms with Gasteiger partial charge in [0.1, 0.15) is 0 Å². The molecule has 1 aromatic carbocycles. The van der Waals surface area contributed by atoms with E-state index in [1.54, 1.807) is 18.2 Å². The third kappa shape index (κ3) is 4.39. The van der Waals surface area contributed by atoms with Crippen LogP contribution in [-0.2, 0) is 4.79 Å². The van der Waals surface area contributed by atoms with Crippen LogP contribution in [0.4, 0.5) is 0 Å². The van der Waals surface area contributed by atoms with Crippen molar-refractivity contribution in [2.24, 2.45) is 11.7 Å². The summed E-state index contributed by atoms with van der Waals surface area (Å²) in [5.74, 6) is 0.661. The van der Waals surface area contributed by atoms with E-state index in [2.05, 4.69) is 0 Å². The number of para-hydroxylation sites is 1. The van der Waals surface area contributed by atoms with Gasteiger partial charge in [-0.05, 0) is 37.9 Å². The summed E-state index contributed by atoms with van der Waals surface area (Å²) in [6, 6.07) is 5.28. The van der Waals surface area contributed by atoms with Gasteiger partial charge in [-0.15, -0.1) is 12.4 Å². The van der Waals surface area contributed by atoms with Gasteiger partial charge < -0.3 is 15.4 Å². The zero-order valence-corrected chi connectivity index (χ0v) is 14.0. The van der Waals surface area contributed by atoms with E-state index < -0.39 is 0 Å². The fourth-order valence-electron chi connectivity index (χ4n) is 2.50. The molecule has 0 spiro atoms. The van der Waals surface area contributed by atoms with Crippen LogP contribution in [0.25, 0.3) is 0 Å². The molecule has 1 amide bonds. The van der Waals surface area contributed by atoms with Crippen molar-refractivity contribution in [3.63, 3.8) is 0 Å². The second kappa shape index (κ2) is 8.08. The highest BCUT2D eigenvalue weighted by Gasteiger charge is 2.31. The lowest BCUT2D eigenvalue weighted by Crippen LogP contribution is -2.37. The van der Waals surface area contributed by atoms with Crippen LogP contribution in [0.1, 0.15) is 13.3 Å². The summed E-state index contributed by atoms with van der Waals surface area (Å²) in [5, 5.41) is 0.805. The molecule has 118 valence electrons. The molecule has 1 aliphatic heterocycles. The number of likely N-dealkylation sites (tertiary alicyclic amines) is 1. The van der Waals surface area contributed by atoms with Gasteiger partial charge in [-0.25, -0.2) is 0 Å². The van der Waals surface area contributed by atoms with Gasteiger partial charge in [0, 0.05) is 12.6 Å². The van der Waals surface area contributed by atoms with Gasteiger partial charge in [-0.2, -0.15) is 0 Å². The molecule has 2 unspecified atom stereocenters. The van der Waals surface area contributed by atoms with Gasteiger partial charge in [-0.1, -0.05) is 29.3 Å². The lowest BCUT2D eigenvalue weighted by Gasteiger charge is -2.21. The first-order valence-corrected chi connectivity index (χ1v) is 7.35. The average molecular weight is 354 g/mol. The summed E-state index contributed by atoms with van der Waals surface area (Å²) in [7, 11) is 0. The minimum absolute atomic E-state index is 0. The summed E-state index contributed by atoms with van der Waals surface area (Å²) < 4.78 is 5.47. The van der Waals surface area contributed by atoms with Crippen LogP contribution in [-0.4, -0.2) is 36.5 Å². The van der Waals surface area contributed by atoms with Crippen molar-refractivity contribution in [2.45, 2.75) is 19.4 Å². The molecule has 2 rings (SSSR count). The lowest BCUT2D eigenvalue weighted by molar-refractivity contribution is -0.134. The van der Waals surface area contributed by atoms with Crippen LogP contribution in [0.3, 0.4) is 0 Å². The van der Waals surface area contributed by atoms with Crippen molar-refractivity contribution >= 4 is 41.5 Å². The van der Waals surface area contributed by atoms with Crippen LogP contribution in [0, 0.1) is 5.92 Å². The van der Waals surface area contributed by atoms with Gasteiger partial charge in [0.25, 0.3) is 5.91 Å². The number of nitrogens with two attached hydrogens (primary N) is 1. The largest absolute Gasteiger partial charge is 0.481 e. The molecule has 1 fully saturated rings. The molecule has 1 heterocycles. The Labute approximate surface area is 140 Å². The zero-order valence-electron chi connectivity index (χ0n) is 11.7. The van der Waals surface area contributed by atoms with Gasteiger partial charge in [0.15, 0.2) is 12.4 Å². The van der Waals surface area contributed by atoms with E-state index >= 15 is 0 Å². The molecule has 0 aliphatic carbocycles. The zero-order chi connectivity index (χ0) is 14.7. The van der Waals surface area contributed by atoms with E-state index in [4.69, 9.17) is 33.7 Å². The van der Waals surface area contributed by atoms with Gasteiger partial charge in [-0.3, -0.25) is 4.79 Å². The summed E-state index contributed by atoms with van der Waals surface area (Å²) >= 11 is 12.0. The Kier molecular flexibility index (Phi) is 7.07. The summed E-state index contributed by atoms with van der Waals surface area (Å²) in [4.78, 5) is 14.0. The number of halogens is 3. The number of hydrogen-bond acceptors (Lipinski definition) is 3. The van der Waals surface area contributed by atoms with Crippen LogP contribution in [0.15, 0.2) is 18.2 Å². The molecule has 1 aromatic rings. The second-order valence-corrected chi connectivity index (χ2v) is 5.89. The van der Waals surface area contributed by atoms with Crippen molar-refractivity contribution in [3.8, 4) is 5.75 Å². The molecule has 2 atom stereocenters. The number of benzene rings is 1. The third-order valence-corrected chi connectivity index (χ3v) is 4.17. The van der Waals surface area contributed by atoms with Crippen LogP contribution < -0.4 is 10.5 Å². The van der Waals surface area contributed by atoms with Gasteiger partial charge in [0.05, 0.1) is 10.0 Å². The highest BCUT2D eigenvalue weighted by atomic mass is 35.5. The highest BCUT2D eigenvalue weighted by Crippen LogP contribution is 2.32. The minimum atomic E-state index is -0.0653. The molecule has 1 saturated heterocycles. The predicted octanol–water partition coefficient (Wildman–Crippen LogP) is 2.99. The lowest BCUT2D eigenvalue weighted by atomic mass is 10.1. The molecule has 0 radical (unpaired) electrons. The standard InChI is InChI=1S/C14H18Cl2N2O2.ClH/c1-9-5-10(6-17)7-18(9)13(19)8-20-14-11(15)3-2-4-12(14)16;/h2-4,9-10H,5-8,17H2,1H3;1H. The number of hydrogen-bond donors (Lipinski definition) is 1. The monoisotopic (exact) mass is 352 g/mol. The molecule has 2 N–H and O–H groups in total. The number of carbonyl (C=O) groups excluding carboxylic acids is 1. The number of amides is 1. The number of rotatable bonds is 4. The fraction of sp³-hybridized carbons (Fsp3) is 0.500. The van der Waals surface area contributed by atoms with Crippen molar-refractivity contribution in [1.82, 2.24) is 4.90 Å². The summed E-state index contributed by atoms with van der Waals surface area (Å²) in [6.45, 7) is 3.25. The Morgan fingerprint density at radius 1 is 1.43 bits per heavy atom. The van der Waals surface area contributed by atoms with E-state index in [9.17, 15) is 4.79 Å². The van der Waals surface area contributed by atoms with E-state index in [0.29, 0.717) is 34.8 Å². The first kappa shape index (κ1) is 18.4. The molecule has 0 aromatic heterocycles. The maximum atomic E-state index is 12.2. The van der Waals surface area contributed by atoms with Crippen molar-refractivity contribution in [2.75, 3.05) is 19.7 Å². The van der Waals surface area contributed by atoms with Crippen molar-refractivity contribution < 1.29 is 9.53 Å². The van der Waals surface area contributed by atoms with Crippen LogP contribution in [0.5, 0.6) is 5.75 Å². The fourth-order valence-corrected chi connectivity index (χ4v) is 3.00. The smallest absolute Gasteiger partial charge is 0.260 e. The minimum Gasteiger partial charge on any atom is -0.481 e. The predicted molar refractivity (Wildman–Crippen MR) is 87.5 cm³/mol. The normalized spacial score (nSPS) is 21.0. The van der Waals surface area contributed by atoms with Gasteiger partial charge in [0.2, 0.25) is 0 Å². The van der Waals surface area contributed by atoms with E-state index in [1.165, 1.54) is 0 Å². The first-order valence-electron chi connectivity index (χ1n) is 6.59. The second-order valence-electron chi connectivity index (χ2n) is 5.07. The third-order valence-electron chi connectivity index (χ3n) is 3.57. The molecular weight excluding hydrogens is 335 g/mol. The van der Waals surface area contributed by atoms with E-state index in [1.807, 2.05) is 11.8 Å². The molecule has 21 heavy (non-hydrogen) atoms. The Bertz CT molecular complexity index is 479. The van der Waals surface area contributed by atoms with Crippen molar-refractivity contribution in [1.29, 1.82) is 0 Å². The van der Waals surface area contributed by atoms with Gasteiger partial charge >= 0.3 is 0 Å². The van der Waals surface area contributed by atoms with Crippen molar-refractivity contribution in [3.05, 3.63) is 28.2 Å². The molecule has 1 aliphatic rings. The number of carbonyl (C=O) groups is 1.